The van der Waals surface area contributed by atoms with Gasteiger partial charge in [0.1, 0.15) is 0 Å². The zero-order chi connectivity index (χ0) is 13.2. The zero-order valence-corrected chi connectivity index (χ0v) is 12.7. The summed E-state index contributed by atoms with van der Waals surface area (Å²) in [6.07, 6.45) is 5.49. The maximum Gasteiger partial charge on any atom is 0.0946 e. The molecule has 0 radical (unpaired) electrons. The number of hydrogen-bond donors (Lipinski definition) is 0. The smallest absolute Gasteiger partial charge is 0.0946 e. The second-order valence-electron chi connectivity index (χ2n) is 4.84. The van der Waals surface area contributed by atoms with Gasteiger partial charge in [-0.25, -0.2) is 4.98 Å². The Kier molecular flexibility index (Phi) is 4.69. The number of halogens is 2. The monoisotopic (exact) mass is 306 g/mol. The van der Waals surface area contributed by atoms with Gasteiger partial charge in [0.25, 0.3) is 0 Å². The van der Waals surface area contributed by atoms with E-state index in [1.165, 1.54) is 16.3 Å². The number of hydrogen-bond acceptors (Lipinski definition) is 1. The molecule has 2 aromatic carbocycles. The van der Waals surface area contributed by atoms with Crippen LogP contribution in [0, 0.1) is 6.92 Å². The average Bonchev–Trinajstić information content (AvgIpc) is 2.91. The Morgan fingerprint density at radius 3 is 2.65 bits per heavy atom. The van der Waals surface area contributed by atoms with E-state index in [2.05, 4.69) is 48.3 Å². The lowest BCUT2D eigenvalue weighted by atomic mass is 10.0. The highest BCUT2D eigenvalue weighted by atomic mass is 35.5. The van der Waals surface area contributed by atoms with E-state index in [-0.39, 0.29) is 17.8 Å². The van der Waals surface area contributed by atoms with Crippen molar-refractivity contribution in [2.24, 2.45) is 0 Å². The summed E-state index contributed by atoms with van der Waals surface area (Å²) in [5, 5.41) is 2.45. The summed E-state index contributed by atoms with van der Waals surface area (Å²) < 4.78 is 2.00. The van der Waals surface area contributed by atoms with E-state index in [4.69, 9.17) is 11.6 Å². The van der Waals surface area contributed by atoms with Gasteiger partial charge in [-0.2, -0.15) is 0 Å². The fourth-order valence-electron chi connectivity index (χ4n) is 2.26. The van der Waals surface area contributed by atoms with E-state index < -0.39 is 0 Å². The van der Waals surface area contributed by atoms with Crippen molar-refractivity contribution >= 4 is 34.8 Å². The molecule has 0 saturated heterocycles. The first-order chi connectivity index (χ1) is 9.22. The molecule has 1 heterocycles. The molecule has 0 spiro atoms. The lowest BCUT2D eigenvalue weighted by molar-refractivity contribution is 0.677. The summed E-state index contributed by atoms with van der Waals surface area (Å²) in [4.78, 5) is 4.03. The van der Waals surface area contributed by atoms with Crippen LogP contribution in [0.1, 0.15) is 16.5 Å². The molecule has 104 valence electrons. The maximum atomic E-state index is 6.48. The van der Waals surface area contributed by atoms with Crippen LogP contribution >= 0.6 is 24.0 Å². The van der Waals surface area contributed by atoms with Crippen LogP contribution in [-0.4, -0.2) is 9.55 Å². The predicted molar refractivity (Wildman–Crippen MR) is 86.8 cm³/mol. The van der Waals surface area contributed by atoms with Crippen molar-refractivity contribution in [2.75, 3.05) is 0 Å². The van der Waals surface area contributed by atoms with Crippen LogP contribution in [0.15, 0.2) is 55.1 Å². The summed E-state index contributed by atoms with van der Waals surface area (Å²) in [7, 11) is 0. The molecule has 1 unspecified atom stereocenters. The summed E-state index contributed by atoms with van der Waals surface area (Å²) in [5.74, 6) is 0. The summed E-state index contributed by atoms with van der Waals surface area (Å²) in [6, 6.07) is 12.9. The highest BCUT2D eigenvalue weighted by Gasteiger charge is 2.09. The number of rotatable bonds is 3. The molecule has 0 amide bonds. The molecule has 0 saturated carbocycles. The summed E-state index contributed by atoms with van der Waals surface area (Å²) >= 11 is 6.48. The minimum absolute atomic E-state index is 0. The minimum Gasteiger partial charge on any atom is -0.336 e. The maximum absolute atomic E-state index is 6.48. The van der Waals surface area contributed by atoms with Crippen LogP contribution in [0.5, 0.6) is 0 Å². The van der Waals surface area contributed by atoms with Gasteiger partial charge in [0.2, 0.25) is 0 Å². The second-order valence-corrected chi connectivity index (χ2v) is 5.36. The molecule has 0 aliphatic heterocycles. The first-order valence-electron chi connectivity index (χ1n) is 6.32. The molecule has 4 heteroatoms. The van der Waals surface area contributed by atoms with E-state index in [1.54, 1.807) is 12.5 Å². The lowest BCUT2D eigenvalue weighted by Crippen LogP contribution is -2.02. The molecule has 0 N–H and O–H groups in total. The van der Waals surface area contributed by atoms with Gasteiger partial charge in [-0.05, 0) is 29.3 Å². The van der Waals surface area contributed by atoms with Crippen LogP contribution in [0.25, 0.3) is 10.8 Å². The SMILES string of the molecule is Cc1ccc2cc(C(Cl)Cn3ccnc3)ccc2c1.Cl. The third-order valence-corrected chi connectivity index (χ3v) is 3.70. The molecule has 20 heavy (non-hydrogen) atoms. The van der Waals surface area contributed by atoms with Gasteiger partial charge >= 0.3 is 0 Å². The average molecular weight is 307 g/mol. The van der Waals surface area contributed by atoms with Crippen molar-refractivity contribution in [2.45, 2.75) is 18.8 Å². The van der Waals surface area contributed by atoms with E-state index in [9.17, 15) is 0 Å². The Morgan fingerprint density at radius 2 is 1.90 bits per heavy atom. The number of imidazole rings is 1. The number of nitrogens with zero attached hydrogens (tertiary/aromatic N) is 2. The molecule has 0 bridgehead atoms. The molecule has 1 aromatic heterocycles. The fraction of sp³-hybridized carbons (Fsp3) is 0.188. The third kappa shape index (κ3) is 3.14. The second kappa shape index (κ2) is 6.29. The molecular formula is C16H16Cl2N2. The van der Waals surface area contributed by atoms with Gasteiger partial charge < -0.3 is 4.57 Å². The van der Waals surface area contributed by atoms with Crippen molar-refractivity contribution in [3.05, 3.63) is 66.2 Å². The minimum atomic E-state index is -0.0418. The van der Waals surface area contributed by atoms with Crippen LogP contribution in [-0.2, 0) is 6.54 Å². The van der Waals surface area contributed by atoms with Crippen molar-refractivity contribution in [3.8, 4) is 0 Å². The van der Waals surface area contributed by atoms with Crippen LogP contribution in [0.2, 0.25) is 0 Å². The topological polar surface area (TPSA) is 17.8 Å². The largest absolute Gasteiger partial charge is 0.336 e. The van der Waals surface area contributed by atoms with E-state index in [0.717, 1.165) is 12.1 Å². The number of benzene rings is 2. The van der Waals surface area contributed by atoms with E-state index >= 15 is 0 Å². The van der Waals surface area contributed by atoms with Gasteiger partial charge in [-0.15, -0.1) is 24.0 Å². The van der Waals surface area contributed by atoms with Crippen molar-refractivity contribution in [1.82, 2.24) is 9.55 Å². The van der Waals surface area contributed by atoms with Crippen LogP contribution in [0.3, 0.4) is 0 Å². The van der Waals surface area contributed by atoms with Crippen molar-refractivity contribution in [3.63, 3.8) is 0 Å². The first kappa shape index (κ1) is 14.9. The Morgan fingerprint density at radius 1 is 1.15 bits per heavy atom. The van der Waals surface area contributed by atoms with Crippen molar-refractivity contribution in [1.29, 1.82) is 0 Å². The first-order valence-corrected chi connectivity index (χ1v) is 6.76. The van der Waals surface area contributed by atoms with Gasteiger partial charge in [0, 0.05) is 18.9 Å². The number of aryl methyl sites for hydroxylation is 1. The third-order valence-electron chi connectivity index (χ3n) is 3.31. The Labute approximate surface area is 129 Å². The molecule has 3 aromatic rings. The highest BCUT2D eigenvalue weighted by molar-refractivity contribution is 6.20. The fourth-order valence-corrected chi connectivity index (χ4v) is 2.56. The Bertz CT molecular complexity index is 693. The molecule has 0 aliphatic rings. The molecule has 0 fully saturated rings. The normalized spacial score (nSPS) is 12.1. The molecular weight excluding hydrogens is 291 g/mol. The number of aromatic nitrogens is 2. The summed E-state index contributed by atoms with van der Waals surface area (Å²) in [6.45, 7) is 2.84. The standard InChI is InChI=1S/C16H15ClN2.ClH/c1-12-2-3-14-9-15(5-4-13(14)8-12)16(17)10-19-7-6-18-11-19;/h2-9,11,16H,10H2,1H3;1H. The zero-order valence-electron chi connectivity index (χ0n) is 11.2. The van der Waals surface area contributed by atoms with E-state index in [1.807, 2.05) is 10.8 Å². The number of alkyl halides is 1. The summed E-state index contributed by atoms with van der Waals surface area (Å²) in [5.41, 5.74) is 2.42. The molecule has 0 aliphatic carbocycles. The van der Waals surface area contributed by atoms with Crippen LogP contribution in [0.4, 0.5) is 0 Å². The Hall–Kier alpha value is -1.51. The van der Waals surface area contributed by atoms with Crippen molar-refractivity contribution < 1.29 is 0 Å². The van der Waals surface area contributed by atoms with Crippen LogP contribution < -0.4 is 0 Å². The predicted octanol–water partition coefficient (Wildman–Crippen LogP) is 4.75. The molecule has 2 nitrogen and oxygen atoms in total. The Balaban J connectivity index is 0.00000147. The lowest BCUT2D eigenvalue weighted by Gasteiger charge is -2.11. The van der Waals surface area contributed by atoms with Gasteiger partial charge in [0.15, 0.2) is 0 Å². The highest BCUT2D eigenvalue weighted by Crippen LogP contribution is 2.26. The van der Waals surface area contributed by atoms with E-state index in [0.29, 0.717) is 0 Å². The van der Waals surface area contributed by atoms with Gasteiger partial charge in [-0.1, -0.05) is 35.9 Å². The molecule has 1 atom stereocenters. The van der Waals surface area contributed by atoms with Gasteiger partial charge in [-0.3, -0.25) is 0 Å². The molecule has 3 rings (SSSR count). The quantitative estimate of drug-likeness (QED) is 0.639. The van der Waals surface area contributed by atoms with Gasteiger partial charge in [0.05, 0.1) is 11.7 Å². The number of fused-ring (bicyclic) bond motifs is 1.